The van der Waals surface area contributed by atoms with Gasteiger partial charge in [0.25, 0.3) is 0 Å². The SMILES string of the molecule is O=C1Nc2ccc(NS(=O)(=O)N3CCCCC3)cc2C12CCC2. The Bertz CT molecular complexity index is 750. The molecular formula is C16H21N3O3S. The third kappa shape index (κ3) is 2.33. The van der Waals surface area contributed by atoms with Gasteiger partial charge in [-0.25, -0.2) is 0 Å². The van der Waals surface area contributed by atoms with Gasteiger partial charge in [0.1, 0.15) is 0 Å². The van der Waals surface area contributed by atoms with Crippen molar-refractivity contribution < 1.29 is 13.2 Å². The number of fused-ring (bicyclic) bond motifs is 2. The Labute approximate surface area is 136 Å². The molecule has 0 atom stereocenters. The average molecular weight is 335 g/mol. The maximum atomic E-state index is 12.5. The summed E-state index contributed by atoms with van der Waals surface area (Å²) < 4.78 is 29.2. The van der Waals surface area contributed by atoms with Crippen LogP contribution in [-0.2, 0) is 20.4 Å². The number of anilines is 2. The van der Waals surface area contributed by atoms with Crippen LogP contribution in [0.2, 0.25) is 0 Å². The molecule has 1 saturated carbocycles. The lowest BCUT2D eigenvalue weighted by Gasteiger charge is -2.36. The third-order valence-electron chi connectivity index (χ3n) is 5.33. The van der Waals surface area contributed by atoms with Gasteiger partial charge in [0, 0.05) is 18.8 Å². The summed E-state index contributed by atoms with van der Waals surface area (Å²) in [4.78, 5) is 12.2. The largest absolute Gasteiger partial charge is 0.325 e. The van der Waals surface area contributed by atoms with Crippen molar-refractivity contribution in [1.29, 1.82) is 0 Å². The molecule has 6 nitrogen and oxygen atoms in total. The zero-order valence-corrected chi connectivity index (χ0v) is 13.8. The number of piperidine rings is 1. The second-order valence-electron chi connectivity index (χ2n) is 6.72. The lowest BCUT2D eigenvalue weighted by atomic mass is 9.65. The van der Waals surface area contributed by atoms with E-state index < -0.39 is 15.6 Å². The molecule has 0 bridgehead atoms. The summed E-state index contributed by atoms with van der Waals surface area (Å²) in [6.07, 6.45) is 5.62. The Hall–Kier alpha value is -1.60. The van der Waals surface area contributed by atoms with Gasteiger partial charge in [-0.2, -0.15) is 12.7 Å². The number of carbonyl (C=O) groups excluding carboxylic acids is 1. The highest BCUT2D eigenvalue weighted by Crippen LogP contribution is 2.51. The fraction of sp³-hybridized carbons (Fsp3) is 0.562. The number of rotatable bonds is 3. The Kier molecular flexibility index (Phi) is 3.39. The zero-order chi connectivity index (χ0) is 16.1. The Morgan fingerprint density at radius 1 is 1.09 bits per heavy atom. The Morgan fingerprint density at radius 2 is 1.83 bits per heavy atom. The van der Waals surface area contributed by atoms with E-state index in [0.29, 0.717) is 18.8 Å². The van der Waals surface area contributed by atoms with Gasteiger partial charge in [-0.15, -0.1) is 0 Å². The van der Waals surface area contributed by atoms with Crippen LogP contribution in [0.25, 0.3) is 0 Å². The van der Waals surface area contributed by atoms with Crippen LogP contribution in [0.1, 0.15) is 44.1 Å². The molecule has 3 aliphatic rings. The summed E-state index contributed by atoms with van der Waals surface area (Å²) in [5.41, 5.74) is 1.86. The maximum Gasteiger partial charge on any atom is 0.301 e. The highest BCUT2D eigenvalue weighted by atomic mass is 32.2. The average Bonchev–Trinajstić information content (AvgIpc) is 2.79. The van der Waals surface area contributed by atoms with E-state index in [1.54, 1.807) is 12.1 Å². The lowest BCUT2D eigenvalue weighted by molar-refractivity contribution is -0.123. The number of hydrogen-bond acceptors (Lipinski definition) is 3. The van der Waals surface area contributed by atoms with Gasteiger partial charge in [0.15, 0.2) is 0 Å². The summed E-state index contributed by atoms with van der Waals surface area (Å²) in [5.74, 6) is 0.0507. The molecule has 2 fully saturated rings. The lowest BCUT2D eigenvalue weighted by Crippen LogP contribution is -2.41. The van der Waals surface area contributed by atoms with Crippen LogP contribution in [0.5, 0.6) is 0 Å². The molecule has 2 heterocycles. The minimum absolute atomic E-state index is 0.0507. The third-order valence-corrected chi connectivity index (χ3v) is 6.87. The van der Waals surface area contributed by atoms with Gasteiger partial charge in [-0.05, 0) is 49.4 Å². The predicted molar refractivity (Wildman–Crippen MR) is 88.6 cm³/mol. The van der Waals surface area contributed by atoms with Crippen LogP contribution < -0.4 is 10.0 Å². The topological polar surface area (TPSA) is 78.5 Å². The second-order valence-corrected chi connectivity index (χ2v) is 8.39. The molecule has 0 radical (unpaired) electrons. The summed E-state index contributed by atoms with van der Waals surface area (Å²) in [6, 6.07) is 5.35. The molecule has 0 unspecified atom stereocenters. The number of carbonyl (C=O) groups is 1. The van der Waals surface area contributed by atoms with Crippen molar-refractivity contribution in [2.24, 2.45) is 0 Å². The fourth-order valence-electron chi connectivity index (χ4n) is 3.82. The molecule has 1 aliphatic carbocycles. The Morgan fingerprint density at radius 3 is 2.48 bits per heavy atom. The van der Waals surface area contributed by atoms with Crippen LogP contribution >= 0.6 is 0 Å². The zero-order valence-electron chi connectivity index (χ0n) is 13.0. The van der Waals surface area contributed by atoms with Gasteiger partial charge < -0.3 is 5.32 Å². The maximum absolute atomic E-state index is 12.5. The normalized spacial score (nSPS) is 23.2. The monoisotopic (exact) mass is 335 g/mol. The highest BCUT2D eigenvalue weighted by molar-refractivity contribution is 7.90. The standard InChI is InChI=1S/C16H21N3O3S/c20-15-16(7-4-8-16)13-11-12(5-6-14(13)17-15)18-23(21,22)19-9-2-1-3-10-19/h5-6,11,18H,1-4,7-10H2,(H,17,20). The van der Waals surface area contributed by atoms with Crippen molar-refractivity contribution in [2.75, 3.05) is 23.1 Å². The number of hydrogen-bond donors (Lipinski definition) is 2. The van der Waals surface area contributed by atoms with Gasteiger partial charge in [-0.1, -0.05) is 12.8 Å². The molecule has 4 rings (SSSR count). The van der Waals surface area contributed by atoms with Gasteiger partial charge in [0.05, 0.1) is 11.1 Å². The molecule has 1 saturated heterocycles. The number of amides is 1. The van der Waals surface area contributed by atoms with Crippen molar-refractivity contribution in [3.05, 3.63) is 23.8 Å². The van der Waals surface area contributed by atoms with E-state index >= 15 is 0 Å². The fourth-order valence-corrected chi connectivity index (χ4v) is 5.12. The smallest absolute Gasteiger partial charge is 0.301 e. The molecule has 2 N–H and O–H groups in total. The van der Waals surface area contributed by atoms with E-state index in [9.17, 15) is 13.2 Å². The first kappa shape index (κ1) is 15.0. The van der Waals surface area contributed by atoms with Gasteiger partial charge in [-0.3, -0.25) is 9.52 Å². The van der Waals surface area contributed by atoms with Crippen LogP contribution in [0, 0.1) is 0 Å². The molecule has 7 heteroatoms. The molecular weight excluding hydrogens is 314 g/mol. The van der Waals surface area contributed by atoms with Crippen molar-refractivity contribution in [3.63, 3.8) is 0 Å². The minimum atomic E-state index is -3.52. The molecule has 23 heavy (non-hydrogen) atoms. The number of nitrogens with one attached hydrogen (secondary N) is 2. The summed E-state index contributed by atoms with van der Waals surface area (Å²) in [6.45, 7) is 1.15. The number of nitrogens with zero attached hydrogens (tertiary/aromatic N) is 1. The molecule has 1 spiro atoms. The summed E-state index contributed by atoms with van der Waals surface area (Å²) in [7, 11) is -3.52. The van der Waals surface area contributed by atoms with Crippen LogP contribution in [0.15, 0.2) is 18.2 Å². The molecule has 1 aromatic rings. The highest BCUT2D eigenvalue weighted by Gasteiger charge is 2.51. The number of benzene rings is 1. The Balaban J connectivity index is 1.61. The van der Waals surface area contributed by atoms with E-state index in [4.69, 9.17) is 0 Å². The van der Waals surface area contributed by atoms with E-state index in [2.05, 4.69) is 10.0 Å². The molecule has 1 aromatic carbocycles. The van der Waals surface area contributed by atoms with E-state index in [0.717, 1.165) is 49.8 Å². The first-order valence-corrected chi connectivity index (χ1v) is 9.69. The first-order valence-electron chi connectivity index (χ1n) is 8.25. The molecule has 0 aromatic heterocycles. The van der Waals surface area contributed by atoms with E-state index in [1.165, 1.54) is 4.31 Å². The molecule has 2 aliphatic heterocycles. The summed E-state index contributed by atoms with van der Waals surface area (Å²) >= 11 is 0. The minimum Gasteiger partial charge on any atom is -0.325 e. The van der Waals surface area contributed by atoms with Crippen LogP contribution in [-0.4, -0.2) is 31.7 Å². The van der Waals surface area contributed by atoms with Crippen LogP contribution in [0.4, 0.5) is 11.4 Å². The second kappa shape index (κ2) is 5.21. The predicted octanol–water partition coefficient (Wildman–Crippen LogP) is 2.20. The molecule has 124 valence electrons. The first-order chi connectivity index (χ1) is 11.0. The van der Waals surface area contributed by atoms with Gasteiger partial charge >= 0.3 is 10.2 Å². The van der Waals surface area contributed by atoms with E-state index in [-0.39, 0.29) is 5.91 Å². The van der Waals surface area contributed by atoms with Crippen LogP contribution in [0.3, 0.4) is 0 Å². The van der Waals surface area contributed by atoms with Crippen molar-refractivity contribution in [1.82, 2.24) is 4.31 Å². The summed E-state index contributed by atoms with van der Waals surface area (Å²) in [5, 5.41) is 2.92. The van der Waals surface area contributed by atoms with Gasteiger partial charge in [0.2, 0.25) is 5.91 Å². The van der Waals surface area contributed by atoms with Crippen molar-refractivity contribution in [2.45, 2.75) is 43.9 Å². The quantitative estimate of drug-likeness (QED) is 0.889. The van der Waals surface area contributed by atoms with Crippen molar-refractivity contribution in [3.8, 4) is 0 Å². The van der Waals surface area contributed by atoms with E-state index in [1.807, 2.05) is 6.07 Å². The molecule has 1 amide bonds. The van der Waals surface area contributed by atoms with Crippen molar-refractivity contribution >= 4 is 27.5 Å².